The lowest BCUT2D eigenvalue weighted by Gasteiger charge is -2.44. The molecule has 2 saturated heterocycles. The molecule has 0 amide bonds. The second-order valence-electron chi connectivity index (χ2n) is 13.2. The van der Waals surface area contributed by atoms with Crippen molar-refractivity contribution in [2.45, 2.75) is 64.1 Å². The molecular weight excluding hydrogens is 605 g/mol. The first-order chi connectivity index (χ1) is 22.1. The van der Waals surface area contributed by atoms with E-state index in [2.05, 4.69) is 15.2 Å². The molecule has 5 aromatic rings. The number of pyridine rings is 2. The average molecular weight is 640 g/mol. The van der Waals surface area contributed by atoms with Crippen LogP contribution in [0, 0.1) is 12.7 Å². The summed E-state index contributed by atoms with van der Waals surface area (Å²) in [5, 5.41) is 16.6. The summed E-state index contributed by atoms with van der Waals surface area (Å²) < 4.78 is 19.2. The Kier molecular flexibility index (Phi) is 6.74. The number of aromatic hydroxyl groups is 1. The van der Waals surface area contributed by atoms with Crippen molar-refractivity contribution in [2.24, 2.45) is 0 Å². The molecule has 11 heteroatoms. The zero-order chi connectivity index (χ0) is 32.0. The summed E-state index contributed by atoms with van der Waals surface area (Å²) in [6.45, 7) is 7.25. The van der Waals surface area contributed by atoms with E-state index in [0.29, 0.717) is 62.9 Å². The van der Waals surface area contributed by atoms with Crippen molar-refractivity contribution in [1.29, 1.82) is 0 Å². The number of phenols is 1. The number of rotatable bonds is 3. The number of aryl methyl sites for hydroxylation is 1. The van der Waals surface area contributed by atoms with Crippen molar-refractivity contribution in [1.82, 2.24) is 24.8 Å². The third-order valence-corrected chi connectivity index (χ3v) is 10.3. The van der Waals surface area contributed by atoms with Crippen LogP contribution < -0.4 is 20.8 Å². The Morgan fingerprint density at radius 1 is 1.09 bits per heavy atom. The minimum atomic E-state index is -0.687. The summed E-state index contributed by atoms with van der Waals surface area (Å²) in [7, 11) is 1.95. The van der Waals surface area contributed by atoms with Gasteiger partial charge in [-0.1, -0.05) is 37.6 Å². The smallest absolute Gasteiger partial charge is 0.354 e. The maximum absolute atomic E-state index is 17.8. The predicted octanol–water partition coefficient (Wildman–Crippen LogP) is 6.07. The fraction of sp³-hybridized carbons (Fsp3) is 0.371. The molecule has 0 saturated carbocycles. The molecule has 0 aliphatic carbocycles. The van der Waals surface area contributed by atoms with Crippen LogP contribution >= 0.6 is 11.6 Å². The molecule has 2 fully saturated rings. The number of phenolic OH excluding ortho intramolecular Hbond substituents is 1. The molecule has 3 unspecified atom stereocenters. The van der Waals surface area contributed by atoms with Gasteiger partial charge in [0, 0.05) is 60.4 Å². The van der Waals surface area contributed by atoms with Crippen LogP contribution in [0.4, 0.5) is 16.0 Å². The quantitative estimate of drug-likeness (QED) is 0.245. The number of anilines is 2. The monoisotopic (exact) mass is 639 g/mol. The van der Waals surface area contributed by atoms with Gasteiger partial charge in [-0.3, -0.25) is 9.55 Å². The van der Waals surface area contributed by atoms with Crippen molar-refractivity contribution in [3.63, 3.8) is 0 Å². The molecule has 2 bridgehead atoms. The lowest BCUT2D eigenvalue weighted by atomic mass is 9.97. The topological polar surface area (TPSA) is 99.4 Å². The van der Waals surface area contributed by atoms with Crippen molar-refractivity contribution < 1.29 is 9.50 Å². The Bertz CT molecular complexity index is 2130. The molecule has 0 radical (unpaired) electrons. The lowest BCUT2D eigenvalue weighted by Crippen LogP contribution is -2.59. The highest BCUT2D eigenvalue weighted by Gasteiger charge is 2.43. The molecule has 2 N–H and O–H groups in total. The molecule has 46 heavy (non-hydrogen) atoms. The van der Waals surface area contributed by atoms with Gasteiger partial charge >= 0.3 is 5.69 Å². The zero-order valence-electron chi connectivity index (χ0n) is 26.2. The van der Waals surface area contributed by atoms with Crippen LogP contribution in [0.5, 0.6) is 5.75 Å². The van der Waals surface area contributed by atoms with Crippen LogP contribution in [0.3, 0.4) is 0 Å². The van der Waals surface area contributed by atoms with Gasteiger partial charge in [-0.05, 0) is 67.3 Å². The summed E-state index contributed by atoms with van der Waals surface area (Å²) in [5.41, 5.74) is 1.82. The summed E-state index contributed by atoms with van der Waals surface area (Å²) in [5.74, 6) is 0.199. The molecule has 0 spiro atoms. The minimum absolute atomic E-state index is 0.00112. The number of piperazine rings is 1. The van der Waals surface area contributed by atoms with Gasteiger partial charge in [0.1, 0.15) is 28.6 Å². The van der Waals surface area contributed by atoms with Gasteiger partial charge in [0.15, 0.2) is 5.82 Å². The van der Waals surface area contributed by atoms with E-state index in [1.807, 2.05) is 44.9 Å². The van der Waals surface area contributed by atoms with Crippen molar-refractivity contribution >= 4 is 44.9 Å². The number of fused-ring (bicyclic) bond motifs is 6. The third kappa shape index (κ3) is 4.30. The van der Waals surface area contributed by atoms with Crippen LogP contribution in [0.2, 0.25) is 5.02 Å². The van der Waals surface area contributed by atoms with Crippen molar-refractivity contribution in [2.75, 3.05) is 29.9 Å². The molecule has 236 valence electrons. The first-order valence-electron chi connectivity index (χ1n) is 15.9. The van der Waals surface area contributed by atoms with Crippen LogP contribution in [0.1, 0.15) is 50.3 Å². The summed E-state index contributed by atoms with van der Waals surface area (Å²) >= 11 is 6.73. The summed E-state index contributed by atoms with van der Waals surface area (Å²) in [4.78, 5) is 33.2. The number of nitrogens with zero attached hydrogens (tertiary/aromatic N) is 6. The summed E-state index contributed by atoms with van der Waals surface area (Å²) in [6, 6.07) is 10.9. The zero-order valence-corrected chi connectivity index (χ0v) is 26.9. The van der Waals surface area contributed by atoms with Crippen molar-refractivity contribution in [3.8, 4) is 22.7 Å². The fourth-order valence-electron chi connectivity index (χ4n) is 7.87. The molecule has 2 aromatic carbocycles. The van der Waals surface area contributed by atoms with Gasteiger partial charge in [0.05, 0.1) is 16.8 Å². The Morgan fingerprint density at radius 3 is 2.72 bits per heavy atom. The molecule has 3 atom stereocenters. The number of nitrogens with one attached hydrogen (secondary N) is 1. The first kappa shape index (κ1) is 29.1. The number of hydrogen-bond donors (Lipinski definition) is 2. The molecular formula is C35H35ClFN7O2. The van der Waals surface area contributed by atoms with E-state index in [0.717, 1.165) is 24.8 Å². The summed E-state index contributed by atoms with van der Waals surface area (Å²) in [6.07, 6.45) is 4.63. The average Bonchev–Trinajstić information content (AvgIpc) is 3.41. The van der Waals surface area contributed by atoms with Gasteiger partial charge in [-0.15, -0.1) is 0 Å². The molecule has 9 nitrogen and oxygen atoms in total. The van der Waals surface area contributed by atoms with Crippen molar-refractivity contribution in [3.05, 3.63) is 75.2 Å². The van der Waals surface area contributed by atoms with E-state index in [1.165, 1.54) is 10.6 Å². The van der Waals surface area contributed by atoms with Crippen LogP contribution in [0.15, 0.2) is 47.4 Å². The number of halogens is 2. The van der Waals surface area contributed by atoms with Crippen LogP contribution in [0.25, 0.3) is 38.6 Å². The Hall–Kier alpha value is -4.28. The number of benzene rings is 2. The normalized spacial score (nSPS) is 20.8. The molecule has 3 aliphatic rings. The first-order valence-corrected chi connectivity index (χ1v) is 16.3. The van der Waals surface area contributed by atoms with E-state index < -0.39 is 11.5 Å². The maximum atomic E-state index is 17.8. The number of hydrogen-bond acceptors (Lipinski definition) is 8. The number of aromatic nitrogens is 4. The lowest BCUT2D eigenvalue weighted by molar-refractivity contribution is 0.360. The largest absolute Gasteiger partial charge is 0.508 e. The Morgan fingerprint density at radius 2 is 1.91 bits per heavy atom. The molecule has 3 aliphatic heterocycles. The maximum Gasteiger partial charge on any atom is 0.354 e. The molecule has 8 rings (SSSR count). The fourth-order valence-corrected chi connectivity index (χ4v) is 8.16. The second kappa shape index (κ2) is 10.6. The van der Waals surface area contributed by atoms with E-state index in [1.54, 1.807) is 24.4 Å². The van der Waals surface area contributed by atoms with E-state index in [4.69, 9.17) is 21.6 Å². The highest BCUT2D eigenvalue weighted by molar-refractivity contribution is 6.36. The van der Waals surface area contributed by atoms with Crippen LogP contribution in [-0.4, -0.2) is 62.9 Å². The van der Waals surface area contributed by atoms with Gasteiger partial charge in [0.25, 0.3) is 0 Å². The Labute approximate surface area is 270 Å². The van der Waals surface area contributed by atoms with E-state index in [-0.39, 0.29) is 41.0 Å². The predicted molar refractivity (Wildman–Crippen MR) is 180 cm³/mol. The van der Waals surface area contributed by atoms with E-state index in [9.17, 15) is 9.90 Å². The van der Waals surface area contributed by atoms with Gasteiger partial charge in [-0.25, -0.2) is 14.2 Å². The van der Waals surface area contributed by atoms with Gasteiger partial charge in [0.2, 0.25) is 0 Å². The highest BCUT2D eigenvalue weighted by Crippen LogP contribution is 2.45. The van der Waals surface area contributed by atoms with Gasteiger partial charge in [-0.2, -0.15) is 4.98 Å². The Balaban J connectivity index is 1.56. The standard InChI is InChI=1S/C35H35ClFN7O2/c1-17(2)29-31(18(3)10-12-38-29)44-32-27-33(40-30(28(32)37)22-15-21(45)14-19-6-5-7-23(36)26(19)22)42(4)13-11-25-24-9-8-20(39-24)16-43(25)34(27)41-35(44)46/h5-7,10,12,14-15,17,20,24-25,39,45H,8-9,11,13,16H2,1-4H3. The highest BCUT2D eigenvalue weighted by atomic mass is 35.5. The molecule has 6 heterocycles. The van der Waals surface area contributed by atoms with Crippen LogP contribution in [-0.2, 0) is 0 Å². The minimum Gasteiger partial charge on any atom is -0.508 e. The van der Waals surface area contributed by atoms with E-state index >= 15 is 4.39 Å². The third-order valence-electron chi connectivity index (χ3n) is 9.98. The SMILES string of the molecule is Cc1ccnc(C(C)C)c1-n1c(=O)nc2c3c(nc(-c4cc(O)cc5cccc(Cl)c45)c(F)c31)N(C)CCC1C3CCC(CN21)N3. The molecule has 3 aromatic heterocycles. The second-order valence-corrected chi connectivity index (χ2v) is 13.6. The van der Waals surface area contributed by atoms with Gasteiger partial charge < -0.3 is 20.2 Å².